The Balaban J connectivity index is 2.06. The predicted octanol–water partition coefficient (Wildman–Crippen LogP) is 1.39. The van der Waals surface area contributed by atoms with E-state index in [1.807, 2.05) is 11.7 Å². The van der Waals surface area contributed by atoms with Gasteiger partial charge in [0.05, 0.1) is 13.1 Å². The molecule has 2 aromatic rings. The molecule has 1 N–H and O–H groups in total. The second-order valence-electron chi connectivity index (χ2n) is 4.35. The third-order valence-electron chi connectivity index (χ3n) is 2.83. The molecule has 0 saturated heterocycles. The molecule has 2 rings (SSSR count). The summed E-state index contributed by atoms with van der Waals surface area (Å²) in [5.41, 5.74) is 2.60. The van der Waals surface area contributed by atoms with Crippen molar-refractivity contribution in [3.63, 3.8) is 0 Å². The molecule has 0 aliphatic carbocycles. The molecule has 1 heterocycles. The molecule has 96 valence electrons. The van der Waals surface area contributed by atoms with E-state index in [1.165, 1.54) is 17.5 Å². The van der Waals surface area contributed by atoms with E-state index in [2.05, 4.69) is 52.0 Å². The number of nitrogens with zero attached hydrogens (tertiary/aromatic N) is 4. The van der Waals surface area contributed by atoms with Crippen LogP contribution in [0.1, 0.15) is 30.3 Å². The summed E-state index contributed by atoms with van der Waals surface area (Å²) in [6.07, 6.45) is 2.31. The Morgan fingerprint density at radius 1 is 1.17 bits per heavy atom. The van der Waals surface area contributed by atoms with Gasteiger partial charge in [0.1, 0.15) is 0 Å². The molecule has 0 saturated carbocycles. The highest BCUT2D eigenvalue weighted by Gasteiger charge is 2.05. The van der Waals surface area contributed by atoms with Gasteiger partial charge >= 0.3 is 0 Å². The van der Waals surface area contributed by atoms with E-state index in [4.69, 9.17) is 0 Å². The molecule has 0 radical (unpaired) electrons. The number of aromatic nitrogens is 4. The topological polar surface area (TPSA) is 55.6 Å². The smallest absolute Gasteiger partial charge is 0.165 e. The minimum Gasteiger partial charge on any atom is -0.313 e. The fourth-order valence-electron chi connectivity index (χ4n) is 1.90. The first kappa shape index (κ1) is 12.7. The van der Waals surface area contributed by atoms with E-state index >= 15 is 0 Å². The van der Waals surface area contributed by atoms with Crippen LogP contribution < -0.4 is 5.32 Å². The quantitative estimate of drug-likeness (QED) is 0.835. The standard InChI is InChI=1S/C13H19N5/c1-3-4-11-5-7-12(8-6-11)10-18-13(9-14-2)15-16-17-18/h5-8,14H,3-4,9-10H2,1-2H3. The van der Waals surface area contributed by atoms with E-state index in [0.29, 0.717) is 6.54 Å². The van der Waals surface area contributed by atoms with Crippen LogP contribution in [-0.2, 0) is 19.5 Å². The lowest BCUT2D eigenvalue weighted by Crippen LogP contribution is -2.14. The lowest BCUT2D eigenvalue weighted by Gasteiger charge is -2.05. The van der Waals surface area contributed by atoms with Gasteiger partial charge in [-0.25, -0.2) is 4.68 Å². The summed E-state index contributed by atoms with van der Waals surface area (Å²) in [4.78, 5) is 0. The third-order valence-corrected chi connectivity index (χ3v) is 2.83. The van der Waals surface area contributed by atoms with Crippen LogP contribution in [0.5, 0.6) is 0 Å². The SMILES string of the molecule is CCCc1ccc(Cn2nnnc2CNC)cc1. The molecule has 1 aromatic carbocycles. The minimum atomic E-state index is 0.681. The molecule has 1 aromatic heterocycles. The van der Waals surface area contributed by atoms with E-state index in [-0.39, 0.29) is 0 Å². The Morgan fingerprint density at radius 3 is 2.56 bits per heavy atom. The fraction of sp³-hybridized carbons (Fsp3) is 0.462. The van der Waals surface area contributed by atoms with Gasteiger partial charge in [-0.3, -0.25) is 0 Å². The van der Waals surface area contributed by atoms with Crippen molar-refractivity contribution in [3.05, 3.63) is 41.2 Å². The van der Waals surface area contributed by atoms with Crippen LogP contribution in [0.25, 0.3) is 0 Å². The zero-order valence-corrected chi connectivity index (χ0v) is 10.9. The Morgan fingerprint density at radius 2 is 1.89 bits per heavy atom. The van der Waals surface area contributed by atoms with Gasteiger partial charge in [0.25, 0.3) is 0 Å². The predicted molar refractivity (Wildman–Crippen MR) is 70.1 cm³/mol. The average Bonchev–Trinajstić information content (AvgIpc) is 2.80. The lowest BCUT2D eigenvalue weighted by molar-refractivity contribution is 0.601. The Bertz CT molecular complexity index is 474. The van der Waals surface area contributed by atoms with Crippen LogP contribution in [-0.4, -0.2) is 27.3 Å². The first-order valence-corrected chi connectivity index (χ1v) is 6.31. The summed E-state index contributed by atoms with van der Waals surface area (Å²) in [5.74, 6) is 0.857. The molecule has 0 amide bonds. The van der Waals surface area contributed by atoms with Crippen molar-refractivity contribution in [1.82, 2.24) is 25.5 Å². The summed E-state index contributed by atoms with van der Waals surface area (Å²) < 4.78 is 1.82. The van der Waals surface area contributed by atoms with Gasteiger partial charge in [-0.1, -0.05) is 37.6 Å². The molecule has 0 unspecified atom stereocenters. The van der Waals surface area contributed by atoms with Crippen molar-refractivity contribution < 1.29 is 0 Å². The number of hydrogen-bond acceptors (Lipinski definition) is 4. The van der Waals surface area contributed by atoms with Crippen molar-refractivity contribution in [2.24, 2.45) is 0 Å². The van der Waals surface area contributed by atoms with Crippen LogP contribution >= 0.6 is 0 Å². The highest BCUT2D eigenvalue weighted by atomic mass is 15.5. The Hall–Kier alpha value is -1.75. The molecule has 0 aliphatic heterocycles. The van der Waals surface area contributed by atoms with Crippen molar-refractivity contribution >= 4 is 0 Å². The maximum atomic E-state index is 4.00. The van der Waals surface area contributed by atoms with Gasteiger partial charge in [0.2, 0.25) is 0 Å². The minimum absolute atomic E-state index is 0.681. The highest BCUT2D eigenvalue weighted by molar-refractivity contribution is 5.22. The maximum absolute atomic E-state index is 4.00. The second kappa shape index (κ2) is 6.26. The van der Waals surface area contributed by atoms with Gasteiger partial charge in [-0.05, 0) is 35.0 Å². The van der Waals surface area contributed by atoms with Crippen LogP contribution in [0.3, 0.4) is 0 Å². The maximum Gasteiger partial charge on any atom is 0.165 e. The molecule has 18 heavy (non-hydrogen) atoms. The van der Waals surface area contributed by atoms with Gasteiger partial charge < -0.3 is 5.32 Å². The molecule has 0 atom stereocenters. The zero-order valence-electron chi connectivity index (χ0n) is 10.9. The normalized spacial score (nSPS) is 10.8. The van der Waals surface area contributed by atoms with Crippen molar-refractivity contribution in [2.75, 3.05) is 7.05 Å². The van der Waals surface area contributed by atoms with Gasteiger partial charge in [0, 0.05) is 0 Å². The van der Waals surface area contributed by atoms with Crippen molar-refractivity contribution in [3.8, 4) is 0 Å². The number of aryl methyl sites for hydroxylation is 1. The summed E-state index contributed by atoms with van der Waals surface area (Å²) in [5, 5.41) is 14.8. The van der Waals surface area contributed by atoms with Crippen LogP contribution in [0.4, 0.5) is 0 Å². The van der Waals surface area contributed by atoms with E-state index < -0.39 is 0 Å². The largest absolute Gasteiger partial charge is 0.313 e. The number of benzene rings is 1. The number of hydrogen-bond donors (Lipinski definition) is 1. The average molecular weight is 245 g/mol. The summed E-state index contributed by atoms with van der Waals surface area (Å²) in [6.45, 7) is 3.59. The first-order chi connectivity index (χ1) is 8.83. The Kier molecular flexibility index (Phi) is 4.41. The van der Waals surface area contributed by atoms with E-state index in [0.717, 1.165) is 18.8 Å². The molecule has 0 spiro atoms. The van der Waals surface area contributed by atoms with Crippen molar-refractivity contribution in [1.29, 1.82) is 0 Å². The van der Waals surface area contributed by atoms with Crippen LogP contribution in [0.15, 0.2) is 24.3 Å². The van der Waals surface area contributed by atoms with Crippen LogP contribution in [0, 0.1) is 0 Å². The molecular formula is C13H19N5. The molecule has 5 nitrogen and oxygen atoms in total. The highest BCUT2D eigenvalue weighted by Crippen LogP contribution is 2.08. The number of tetrazole rings is 1. The molecule has 0 bridgehead atoms. The van der Waals surface area contributed by atoms with Gasteiger partial charge in [0.15, 0.2) is 5.82 Å². The van der Waals surface area contributed by atoms with E-state index in [1.54, 1.807) is 0 Å². The number of rotatable bonds is 6. The third kappa shape index (κ3) is 3.13. The monoisotopic (exact) mass is 245 g/mol. The van der Waals surface area contributed by atoms with Gasteiger partial charge in [-0.15, -0.1) is 5.10 Å². The summed E-state index contributed by atoms with van der Waals surface area (Å²) in [6, 6.07) is 8.66. The summed E-state index contributed by atoms with van der Waals surface area (Å²) >= 11 is 0. The zero-order chi connectivity index (χ0) is 12.8. The number of nitrogens with one attached hydrogen (secondary N) is 1. The molecule has 0 fully saturated rings. The van der Waals surface area contributed by atoms with E-state index in [9.17, 15) is 0 Å². The Labute approximate surface area is 107 Å². The summed E-state index contributed by atoms with van der Waals surface area (Å²) in [7, 11) is 1.89. The van der Waals surface area contributed by atoms with Crippen LogP contribution in [0.2, 0.25) is 0 Å². The second-order valence-corrected chi connectivity index (χ2v) is 4.35. The molecule has 0 aliphatic rings. The van der Waals surface area contributed by atoms with Gasteiger partial charge in [-0.2, -0.15) is 0 Å². The first-order valence-electron chi connectivity index (χ1n) is 6.31. The lowest BCUT2D eigenvalue weighted by atomic mass is 10.1. The molecule has 5 heteroatoms. The van der Waals surface area contributed by atoms with Crippen molar-refractivity contribution in [2.45, 2.75) is 32.9 Å². The fourth-order valence-corrected chi connectivity index (χ4v) is 1.90. The molecular weight excluding hydrogens is 226 g/mol.